The second-order valence-electron chi connectivity index (χ2n) is 4.97. The van der Waals surface area contributed by atoms with Gasteiger partial charge in [-0.3, -0.25) is 4.90 Å². The quantitative estimate of drug-likeness (QED) is 0.697. The average molecular weight is 251 g/mol. The summed E-state index contributed by atoms with van der Waals surface area (Å²) < 4.78 is 2.46. The Labute approximate surface area is 109 Å². The van der Waals surface area contributed by atoms with Gasteiger partial charge in [0.05, 0.1) is 6.67 Å². The summed E-state index contributed by atoms with van der Waals surface area (Å²) in [5.74, 6) is 0. The highest BCUT2D eigenvalue weighted by molar-refractivity contribution is 5.85. The molecule has 0 bridgehead atoms. The SMILES string of the molecule is Cc1c2n(c3ccccc13)CN(C)C(C)C2.Cl. The smallest absolute Gasteiger partial charge is 0.0753 e. The molecule has 0 amide bonds. The Morgan fingerprint density at radius 3 is 2.71 bits per heavy atom. The van der Waals surface area contributed by atoms with Crippen LogP contribution in [0.1, 0.15) is 18.2 Å². The molecule has 1 aliphatic heterocycles. The molecule has 0 aliphatic carbocycles. The summed E-state index contributed by atoms with van der Waals surface area (Å²) >= 11 is 0. The number of aromatic nitrogens is 1. The fraction of sp³-hybridized carbons (Fsp3) is 0.429. The van der Waals surface area contributed by atoms with Gasteiger partial charge in [-0.05, 0) is 32.5 Å². The monoisotopic (exact) mass is 250 g/mol. The molecular formula is C14H19ClN2. The molecule has 1 aliphatic rings. The van der Waals surface area contributed by atoms with E-state index in [1.165, 1.54) is 22.2 Å². The van der Waals surface area contributed by atoms with Crippen LogP contribution in [0.5, 0.6) is 0 Å². The first kappa shape index (κ1) is 12.5. The number of hydrogen-bond acceptors (Lipinski definition) is 1. The van der Waals surface area contributed by atoms with Crippen LogP contribution in [0.2, 0.25) is 0 Å². The zero-order valence-electron chi connectivity index (χ0n) is 10.6. The van der Waals surface area contributed by atoms with E-state index in [1.807, 2.05) is 0 Å². The Kier molecular flexibility index (Phi) is 3.19. The maximum Gasteiger partial charge on any atom is 0.0753 e. The topological polar surface area (TPSA) is 8.17 Å². The van der Waals surface area contributed by atoms with Gasteiger partial charge in [-0.2, -0.15) is 0 Å². The van der Waals surface area contributed by atoms with Crippen LogP contribution >= 0.6 is 12.4 Å². The first-order valence-electron chi connectivity index (χ1n) is 5.95. The lowest BCUT2D eigenvalue weighted by molar-refractivity contribution is 0.177. The van der Waals surface area contributed by atoms with Crippen molar-refractivity contribution in [2.45, 2.75) is 33.0 Å². The van der Waals surface area contributed by atoms with Crippen molar-refractivity contribution in [1.29, 1.82) is 0 Å². The number of rotatable bonds is 0. The Hall–Kier alpha value is -0.990. The Balaban J connectivity index is 0.00000108. The van der Waals surface area contributed by atoms with E-state index >= 15 is 0 Å². The number of fused-ring (bicyclic) bond motifs is 3. The normalized spacial score (nSPS) is 20.1. The highest BCUT2D eigenvalue weighted by atomic mass is 35.5. The largest absolute Gasteiger partial charge is 0.331 e. The molecule has 92 valence electrons. The number of aryl methyl sites for hydroxylation is 1. The Bertz CT molecular complexity index is 544. The van der Waals surface area contributed by atoms with Crippen molar-refractivity contribution in [3.8, 4) is 0 Å². The summed E-state index contributed by atoms with van der Waals surface area (Å²) in [5.41, 5.74) is 4.37. The van der Waals surface area contributed by atoms with E-state index in [2.05, 4.69) is 54.6 Å². The van der Waals surface area contributed by atoms with Gasteiger partial charge in [0.1, 0.15) is 0 Å². The number of halogens is 1. The predicted molar refractivity (Wildman–Crippen MR) is 74.9 cm³/mol. The molecule has 17 heavy (non-hydrogen) atoms. The fourth-order valence-electron chi connectivity index (χ4n) is 2.75. The minimum absolute atomic E-state index is 0. The zero-order chi connectivity index (χ0) is 11.3. The highest BCUT2D eigenvalue weighted by Gasteiger charge is 2.23. The van der Waals surface area contributed by atoms with Crippen LogP contribution in [0.15, 0.2) is 24.3 Å². The first-order chi connectivity index (χ1) is 7.68. The number of nitrogens with zero attached hydrogens (tertiary/aromatic N) is 2. The summed E-state index contributed by atoms with van der Waals surface area (Å²) in [5, 5.41) is 1.42. The lowest BCUT2D eigenvalue weighted by atomic mass is 10.1. The van der Waals surface area contributed by atoms with Gasteiger partial charge in [0, 0.05) is 29.1 Å². The van der Waals surface area contributed by atoms with Gasteiger partial charge in [-0.1, -0.05) is 18.2 Å². The molecule has 0 fully saturated rings. The lowest BCUT2D eigenvalue weighted by Gasteiger charge is -2.32. The van der Waals surface area contributed by atoms with Gasteiger partial charge in [-0.15, -0.1) is 12.4 Å². The minimum atomic E-state index is 0. The molecule has 0 saturated heterocycles. The lowest BCUT2D eigenvalue weighted by Crippen LogP contribution is -2.38. The van der Waals surface area contributed by atoms with Crippen molar-refractivity contribution in [3.05, 3.63) is 35.5 Å². The van der Waals surface area contributed by atoms with Crippen LogP contribution in [0.25, 0.3) is 10.9 Å². The third kappa shape index (κ3) is 1.76. The van der Waals surface area contributed by atoms with Gasteiger partial charge < -0.3 is 4.57 Å². The number of likely N-dealkylation sites (N-methyl/N-ethyl adjacent to an activating group) is 1. The van der Waals surface area contributed by atoms with E-state index in [-0.39, 0.29) is 12.4 Å². The summed E-state index contributed by atoms with van der Waals surface area (Å²) in [4.78, 5) is 2.42. The average Bonchev–Trinajstić information content (AvgIpc) is 2.55. The molecular weight excluding hydrogens is 232 g/mol. The summed E-state index contributed by atoms with van der Waals surface area (Å²) in [6, 6.07) is 9.38. The van der Waals surface area contributed by atoms with Gasteiger partial charge in [-0.25, -0.2) is 0 Å². The van der Waals surface area contributed by atoms with Crippen molar-refractivity contribution < 1.29 is 0 Å². The van der Waals surface area contributed by atoms with Crippen LogP contribution in [0.4, 0.5) is 0 Å². The molecule has 0 saturated carbocycles. The molecule has 0 N–H and O–H groups in total. The van der Waals surface area contributed by atoms with E-state index in [4.69, 9.17) is 0 Å². The van der Waals surface area contributed by atoms with E-state index in [0.717, 1.165) is 13.1 Å². The third-order valence-electron chi connectivity index (χ3n) is 3.96. The van der Waals surface area contributed by atoms with Crippen LogP contribution in [-0.4, -0.2) is 22.6 Å². The fourth-order valence-corrected chi connectivity index (χ4v) is 2.75. The van der Waals surface area contributed by atoms with Crippen molar-refractivity contribution in [2.24, 2.45) is 0 Å². The molecule has 0 radical (unpaired) electrons. The number of benzene rings is 1. The molecule has 0 spiro atoms. The molecule has 1 aromatic carbocycles. The third-order valence-corrected chi connectivity index (χ3v) is 3.96. The van der Waals surface area contributed by atoms with Gasteiger partial charge in [0.2, 0.25) is 0 Å². The first-order valence-corrected chi connectivity index (χ1v) is 5.95. The Morgan fingerprint density at radius 1 is 1.24 bits per heavy atom. The molecule has 2 nitrogen and oxygen atoms in total. The second-order valence-corrected chi connectivity index (χ2v) is 4.97. The van der Waals surface area contributed by atoms with Crippen molar-refractivity contribution in [2.75, 3.05) is 7.05 Å². The van der Waals surface area contributed by atoms with E-state index < -0.39 is 0 Å². The minimum Gasteiger partial charge on any atom is -0.331 e. The zero-order valence-corrected chi connectivity index (χ0v) is 11.4. The molecule has 2 aromatic rings. The summed E-state index contributed by atoms with van der Waals surface area (Å²) in [6.45, 7) is 5.58. The van der Waals surface area contributed by atoms with Gasteiger partial charge in [0.15, 0.2) is 0 Å². The van der Waals surface area contributed by atoms with Crippen molar-refractivity contribution >= 4 is 23.3 Å². The standard InChI is InChI=1S/C14H18N2.ClH/c1-10-8-14-11(2)12-6-4-5-7-13(12)16(14)9-15(10)3;/h4-7,10H,8-9H2,1-3H3;1H. The number of hydrogen-bond donors (Lipinski definition) is 0. The van der Waals surface area contributed by atoms with Crippen molar-refractivity contribution in [3.63, 3.8) is 0 Å². The van der Waals surface area contributed by atoms with Gasteiger partial charge >= 0.3 is 0 Å². The molecule has 1 unspecified atom stereocenters. The maximum atomic E-state index is 2.46. The van der Waals surface area contributed by atoms with Crippen LogP contribution in [-0.2, 0) is 13.1 Å². The van der Waals surface area contributed by atoms with E-state index in [9.17, 15) is 0 Å². The predicted octanol–water partition coefficient (Wildman–Crippen LogP) is 3.21. The molecule has 3 rings (SSSR count). The number of para-hydroxylation sites is 1. The molecule has 2 heterocycles. The van der Waals surface area contributed by atoms with E-state index in [0.29, 0.717) is 6.04 Å². The van der Waals surface area contributed by atoms with Crippen LogP contribution < -0.4 is 0 Å². The molecule has 3 heteroatoms. The van der Waals surface area contributed by atoms with E-state index in [1.54, 1.807) is 0 Å². The van der Waals surface area contributed by atoms with Crippen LogP contribution in [0.3, 0.4) is 0 Å². The van der Waals surface area contributed by atoms with Gasteiger partial charge in [0.25, 0.3) is 0 Å². The molecule has 1 aromatic heterocycles. The maximum absolute atomic E-state index is 2.46. The Morgan fingerprint density at radius 2 is 1.94 bits per heavy atom. The summed E-state index contributed by atoms with van der Waals surface area (Å²) in [7, 11) is 2.21. The second kappa shape index (κ2) is 4.35. The highest BCUT2D eigenvalue weighted by Crippen LogP contribution is 2.29. The molecule has 1 atom stereocenters. The van der Waals surface area contributed by atoms with Crippen LogP contribution in [0, 0.1) is 6.92 Å². The van der Waals surface area contributed by atoms with Crippen molar-refractivity contribution in [1.82, 2.24) is 9.47 Å². The summed E-state index contributed by atoms with van der Waals surface area (Å²) in [6.07, 6.45) is 1.16.